The maximum absolute atomic E-state index is 12.9. The number of fused-ring (bicyclic) bond motifs is 1. The third kappa shape index (κ3) is 4.74. The highest BCUT2D eigenvalue weighted by atomic mass is 19.4. The van der Waals surface area contributed by atoms with Gasteiger partial charge in [0.2, 0.25) is 0 Å². The van der Waals surface area contributed by atoms with Crippen LogP contribution in [-0.4, -0.2) is 40.7 Å². The van der Waals surface area contributed by atoms with Crippen molar-refractivity contribution in [2.45, 2.75) is 38.9 Å². The van der Waals surface area contributed by atoms with Crippen LogP contribution in [0.15, 0.2) is 42.5 Å². The van der Waals surface area contributed by atoms with Gasteiger partial charge in [0.25, 0.3) is 0 Å². The van der Waals surface area contributed by atoms with Gasteiger partial charge in [-0.05, 0) is 61.1 Å². The lowest BCUT2D eigenvalue weighted by Gasteiger charge is -2.31. The number of halogens is 3. The van der Waals surface area contributed by atoms with Crippen molar-refractivity contribution in [3.8, 4) is 0 Å². The highest BCUT2D eigenvalue weighted by molar-refractivity contribution is 5.77. The standard InChI is InChI=1S/C24H26F3N3O2/c1-16-3-8-21-20(13-16)28-22(14-17-4-6-19(7-5-17)24(25,26)27)30(21)15-18-9-11-29(12-10-18)23(31)32-2/h3-8,13,18H,9-12,14-15H2,1-2H3. The molecule has 170 valence electrons. The molecule has 1 saturated heterocycles. The number of likely N-dealkylation sites (tertiary alicyclic amines) is 1. The molecule has 32 heavy (non-hydrogen) atoms. The van der Waals surface area contributed by atoms with Crippen molar-refractivity contribution in [2.75, 3.05) is 20.2 Å². The molecule has 5 nitrogen and oxygen atoms in total. The smallest absolute Gasteiger partial charge is 0.416 e. The van der Waals surface area contributed by atoms with E-state index >= 15 is 0 Å². The van der Waals surface area contributed by atoms with Crippen LogP contribution in [0, 0.1) is 12.8 Å². The van der Waals surface area contributed by atoms with Crippen molar-refractivity contribution in [1.29, 1.82) is 0 Å². The fourth-order valence-electron chi connectivity index (χ4n) is 4.31. The summed E-state index contributed by atoms with van der Waals surface area (Å²) in [4.78, 5) is 18.3. The van der Waals surface area contributed by atoms with E-state index in [9.17, 15) is 18.0 Å². The number of piperidine rings is 1. The van der Waals surface area contributed by atoms with E-state index in [4.69, 9.17) is 9.72 Å². The van der Waals surface area contributed by atoms with Crippen molar-refractivity contribution in [2.24, 2.45) is 5.92 Å². The van der Waals surface area contributed by atoms with Gasteiger partial charge < -0.3 is 14.2 Å². The van der Waals surface area contributed by atoms with E-state index in [0.29, 0.717) is 25.4 Å². The Morgan fingerprint density at radius 3 is 2.44 bits per heavy atom. The average molecular weight is 445 g/mol. The predicted octanol–water partition coefficient (Wildman–Crippen LogP) is 5.43. The van der Waals surface area contributed by atoms with Gasteiger partial charge in [0.05, 0.1) is 23.7 Å². The highest BCUT2D eigenvalue weighted by Crippen LogP contribution is 2.30. The number of rotatable bonds is 4. The number of hydrogen-bond acceptors (Lipinski definition) is 3. The summed E-state index contributed by atoms with van der Waals surface area (Å²) in [5, 5.41) is 0. The molecule has 0 bridgehead atoms. The molecule has 3 aromatic rings. The first-order chi connectivity index (χ1) is 15.2. The van der Waals surface area contributed by atoms with Crippen molar-refractivity contribution < 1.29 is 22.7 Å². The zero-order valence-corrected chi connectivity index (χ0v) is 18.2. The predicted molar refractivity (Wildman–Crippen MR) is 115 cm³/mol. The summed E-state index contributed by atoms with van der Waals surface area (Å²) >= 11 is 0. The quantitative estimate of drug-likeness (QED) is 0.538. The Balaban J connectivity index is 1.58. The topological polar surface area (TPSA) is 47.4 Å². The number of amides is 1. The molecule has 8 heteroatoms. The van der Waals surface area contributed by atoms with Gasteiger partial charge in [-0.2, -0.15) is 13.2 Å². The lowest BCUT2D eigenvalue weighted by atomic mass is 9.96. The lowest BCUT2D eigenvalue weighted by molar-refractivity contribution is -0.137. The first-order valence-electron chi connectivity index (χ1n) is 10.7. The Labute approximate surface area is 184 Å². The third-order valence-corrected chi connectivity index (χ3v) is 6.11. The van der Waals surface area contributed by atoms with E-state index in [0.717, 1.165) is 59.5 Å². The average Bonchev–Trinajstić information content (AvgIpc) is 3.09. The van der Waals surface area contributed by atoms with Gasteiger partial charge in [0.1, 0.15) is 5.82 Å². The molecule has 0 N–H and O–H groups in total. The van der Waals surface area contributed by atoms with Crippen LogP contribution in [0.1, 0.15) is 35.4 Å². The van der Waals surface area contributed by atoms with Crippen molar-refractivity contribution in [1.82, 2.24) is 14.5 Å². The normalized spacial score (nSPS) is 15.3. The van der Waals surface area contributed by atoms with Crippen molar-refractivity contribution >= 4 is 17.1 Å². The number of nitrogens with zero attached hydrogens (tertiary/aromatic N) is 3. The maximum atomic E-state index is 12.9. The molecule has 0 radical (unpaired) electrons. The monoisotopic (exact) mass is 445 g/mol. The number of benzene rings is 2. The summed E-state index contributed by atoms with van der Waals surface area (Å²) in [6, 6.07) is 11.4. The molecule has 1 fully saturated rings. The Morgan fingerprint density at radius 1 is 1.12 bits per heavy atom. The largest absolute Gasteiger partial charge is 0.453 e. The summed E-state index contributed by atoms with van der Waals surface area (Å²) in [5.74, 6) is 1.21. The molecular formula is C24H26F3N3O2. The third-order valence-electron chi connectivity index (χ3n) is 6.11. The van der Waals surface area contributed by atoms with Crippen LogP contribution < -0.4 is 0 Å². The van der Waals surface area contributed by atoms with E-state index in [1.54, 1.807) is 4.90 Å². The summed E-state index contributed by atoms with van der Waals surface area (Å²) in [5.41, 5.74) is 3.15. The summed E-state index contributed by atoms with van der Waals surface area (Å²) in [6.45, 7) is 4.07. The summed E-state index contributed by atoms with van der Waals surface area (Å²) in [6.07, 6.45) is -2.47. The zero-order chi connectivity index (χ0) is 22.9. The van der Waals surface area contributed by atoms with E-state index in [1.165, 1.54) is 19.2 Å². The van der Waals surface area contributed by atoms with Crippen LogP contribution >= 0.6 is 0 Å². The molecular weight excluding hydrogens is 419 g/mol. The minimum Gasteiger partial charge on any atom is -0.453 e. The van der Waals surface area contributed by atoms with E-state index in [2.05, 4.69) is 10.6 Å². The van der Waals surface area contributed by atoms with Gasteiger partial charge in [-0.25, -0.2) is 9.78 Å². The van der Waals surface area contributed by atoms with Crippen LogP contribution in [0.3, 0.4) is 0 Å². The number of carbonyl (C=O) groups excluding carboxylic acids is 1. The van der Waals surface area contributed by atoms with Gasteiger partial charge in [-0.1, -0.05) is 18.2 Å². The molecule has 0 saturated carbocycles. The number of methoxy groups -OCH3 is 1. The first kappa shape index (κ1) is 22.2. The molecule has 0 spiro atoms. The van der Waals surface area contributed by atoms with Crippen LogP contribution in [0.25, 0.3) is 11.0 Å². The summed E-state index contributed by atoms with van der Waals surface area (Å²) in [7, 11) is 1.39. The molecule has 1 aromatic heterocycles. The molecule has 1 aliphatic rings. The molecule has 4 rings (SSSR count). The van der Waals surface area contributed by atoms with Gasteiger partial charge in [0, 0.05) is 26.1 Å². The first-order valence-corrected chi connectivity index (χ1v) is 10.7. The zero-order valence-electron chi connectivity index (χ0n) is 18.2. The fraction of sp³-hybridized carbons (Fsp3) is 0.417. The summed E-state index contributed by atoms with van der Waals surface area (Å²) < 4.78 is 45.7. The molecule has 0 atom stereocenters. The number of alkyl halides is 3. The maximum Gasteiger partial charge on any atom is 0.416 e. The van der Waals surface area contributed by atoms with Gasteiger partial charge in [-0.3, -0.25) is 0 Å². The Kier molecular flexibility index (Phi) is 6.13. The van der Waals surface area contributed by atoms with Gasteiger partial charge in [0.15, 0.2) is 0 Å². The van der Waals surface area contributed by atoms with Gasteiger partial charge >= 0.3 is 12.3 Å². The van der Waals surface area contributed by atoms with E-state index in [-0.39, 0.29) is 6.09 Å². The molecule has 1 amide bonds. The number of aromatic nitrogens is 2. The number of carbonyl (C=O) groups is 1. The molecule has 0 unspecified atom stereocenters. The number of aryl methyl sites for hydroxylation is 1. The second-order valence-corrected chi connectivity index (χ2v) is 8.40. The second-order valence-electron chi connectivity index (χ2n) is 8.40. The minimum atomic E-state index is -4.34. The van der Waals surface area contributed by atoms with Crippen molar-refractivity contribution in [3.63, 3.8) is 0 Å². The van der Waals surface area contributed by atoms with Crippen molar-refractivity contribution in [3.05, 3.63) is 65.0 Å². The fourth-order valence-corrected chi connectivity index (χ4v) is 4.31. The molecule has 1 aliphatic heterocycles. The van der Waals surface area contributed by atoms with Crippen LogP contribution in [-0.2, 0) is 23.9 Å². The minimum absolute atomic E-state index is 0.296. The molecule has 0 aliphatic carbocycles. The number of hydrogen-bond donors (Lipinski definition) is 0. The highest BCUT2D eigenvalue weighted by Gasteiger charge is 2.30. The van der Waals surface area contributed by atoms with Crippen LogP contribution in [0.5, 0.6) is 0 Å². The Hall–Kier alpha value is -3.03. The Bertz CT molecular complexity index is 1100. The second kappa shape index (κ2) is 8.84. The number of imidazole rings is 1. The Morgan fingerprint density at radius 2 is 1.81 bits per heavy atom. The van der Waals surface area contributed by atoms with Gasteiger partial charge in [-0.15, -0.1) is 0 Å². The van der Waals surface area contributed by atoms with E-state index in [1.807, 2.05) is 19.1 Å². The molecule has 2 aromatic carbocycles. The number of ether oxygens (including phenoxy) is 1. The van der Waals surface area contributed by atoms with Crippen LogP contribution in [0.2, 0.25) is 0 Å². The van der Waals surface area contributed by atoms with E-state index < -0.39 is 11.7 Å². The lowest BCUT2D eigenvalue weighted by Crippen LogP contribution is -2.39. The van der Waals surface area contributed by atoms with Crippen LogP contribution in [0.4, 0.5) is 18.0 Å². The molecule has 2 heterocycles. The SMILES string of the molecule is COC(=O)N1CCC(Cn2c(Cc3ccc(C(F)(F)F)cc3)nc3cc(C)ccc32)CC1.